The van der Waals surface area contributed by atoms with Crippen molar-refractivity contribution in [2.24, 2.45) is 0 Å². The van der Waals surface area contributed by atoms with E-state index in [2.05, 4.69) is 15.5 Å². The van der Waals surface area contributed by atoms with Crippen LogP contribution in [0.5, 0.6) is 0 Å². The van der Waals surface area contributed by atoms with Crippen LogP contribution in [0.2, 0.25) is 0 Å². The van der Waals surface area contributed by atoms with Crippen LogP contribution in [-0.2, 0) is 14.8 Å². The van der Waals surface area contributed by atoms with E-state index >= 15 is 0 Å². The van der Waals surface area contributed by atoms with Gasteiger partial charge >= 0.3 is 0 Å². The van der Waals surface area contributed by atoms with Crippen molar-refractivity contribution in [1.29, 1.82) is 0 Å². The number of hydrogen-bond acceptors (Lipinski definition) is 7. The van der Waals surface area contributed by atoms with E-state index in [1.54, 1.807) is 26.0 Å². The van der Waals surface area contributed by atoms with Crippen molar-refractivity contribution < 1.29 is 13.2 Å². The summed E-state index contributed by atoms with van der Waals surface area (Å²) in [6.07, 6.45) is 0. The van der Waals surface area contributed by atoms with Crippen LogP contribution in [0.1, 0.15) is 24.4 Å². The van der Waals surface area contributed by atoms with Crippen LogP contribution in [0.4, 0.5) is 5.69 Å². The molecule has 0 aliphatic rings. The lowest BCUT2D eigenvalue weighted by atomic mass is 10.2. The highest BCUT2D eigenvalue weighted by molar-refractivity contribution is 8.01. The first-order chi connectivity index (χ1) is 12.3. The molecule has 0 spiro atoms. The summed E-state index contributed by atoms with van der Waals surface area (Å²) in [5.41, 5.74) is 1.30. The van der Waals surface area contributed by atoms with Crippen molar-refractivity contribution in [3.8, 4) is 0 Å². The molecular weight excluding hydrogens is 392 g/mol. The number of nitrogens with zero attached hydrogens (tertiary/aromatic N) is 3. The van der Waals surface area contributed by atoms with Crippen molar-refractivity contribution in [1.82, 2.24) is 14.5 Å². The lowest BCUT2D eigenvalue weighted by Gasteiger charge is -2.19. The van der Waals surface area contributed by atoms with Gasteiger partial charge < -0.3 is 5.32 Å². The number of benzene rings is 1. The molecule has 26 heavy (non-hydrogen) atoms. The first kappa shape index (κ1) is 20.8. The van der Waals surface area contributed by atoms with Gasteiger partial charge in [-0.1, -0.05) is 43.0 Å². The summed E-state index contributed by atoms with van der Waals surface area (Å²) >= 11 is 2.73. The average molecular weight is 415 g/mol. The maximum absolute atomic E-state index is 12.7. The fourth-order valence-electron chi connectivity index (χ4n) is 2.26. The molecule has 0 saturated carbocycles. The molecule has 7 nitrogen and oxygen atoms in total. The van der Waals surface area contributed by atoms with Gasteiger partial charge in [0.05, 0.1) is 10.6 Å². The van der Waals surface area contributed by atoms with E-state index in [9.17, 15) is 13.2 Å². The maximum atomic E-state index is 12.7. The van der Waals surface area contributed by atoms with Gasteiger partial charge in [0.2, 0.25) is 15.9 Å². The Morgan fingerprint density at radius 3 is 2.50 bits per heavy atom. The highest BCUT2D eigenvalue weighted by Gasteiger charge is 2.22. The average Bonchev–Trinajstić information content (AvgIpc) is 3.01. The molecule has 10 heteroatoms. The summed E-state index contributed by atoms with van der Waals surface area (Å²) < 4.78 is 27.4. The lowest BCUT2D eigenvalue weighted by molar-refractivity contribution is -0.113. The SMILES string of the molecule is CCN(CC)S(=O)(=O)c1ccc(C)c(NC(=O)CSc2nnc(C)s2)c1. The van der Waals surface area contributed by atoms with Crippen molar-refractivity contribution in [3.63, 3.8) is 0 Å². The van der Waals surface area contributed by atoms with Gasteiger partial charge in [0.15, 0.2) is 4.34 Å². The van der Waals surface area contributed by atoms with Crippen LogP contribution in [0, 0.1) is 13.8 Å². The van der Waals surface area contributed by atoms with Crippen LogP contribution in [0.15, 0.2) is 27.4 Å². The molecule has 0 atom stereocenters. The molecule has 0 fully saturated rings. The van der Waals surface area contributed by atoms with Gasteiger partial charge in [0, 0.05) is 18.8 Å². The molecule has 2 aromatic rings. The van der Waals surface area contributed by atoms with Gasteiger partial charge in [-0.3, -0.25) is 4.79 Å². The number of aromatic nitrogens is 2. The molecule has 0 aliphatic carbocycles. The highest BCUT2D eigenvalue weighted by Crippen LogP contribution is 2.25. The Balaban J connectivity index is 2.13. The summed E-state index contributed by atoms with van der Waals surface area (Å²) in [6.45, 7) is 8.06. The molecule has 0 unspecified atom stereocenters. The van der Waals surface area contributed by atoms with E-state index in [1.807, 2.05) is 13.8 Å². The first-order valence-electron chi connectivity index (χ1n) is 8.11. The Labute approximate surface area is 162 Å². The van der Waals surface area contributed by atoms with Gasteiger partial charge in [0.1, 0.15) is 5.01 Å². The summed E-state index contributed by atoms with van der Waals surface area (Å²) in [7, 11) is -3.57. The Bertz CT molecular complexity index is 877. The zero-order valence-electron chi connectivity index (χ0n) is 15.1. The second-order valence-corrected chi connectivity index (χ2v) is 9.83. The lowest BCUT2D eigenvalue weighted by Crippen LogP contribution is -2.30. The van der Waals surface area contributed by atoms with Crippen molar-refractivity contribution in [2.45, 2.75) is 36.9 Å². The van der Waals surface area contributed by atoms with E-state index in [0.29, 0.717) is 18.8 Å². The van der Waals surface area contributed by atoms with E-state index in [-0.39, 0.29) is 16.6 Å². The predicted octanol–water partition coefficient (Wildman–Crippen LogP) is 2.92. The number of amides is 1. The number of nitrogens with one attached hydrogen (secondary N) is 1. The number of anilines is 1. The quantitative estimate of drug-likeness (QED) is 0.668. The number of carbonyl (C=O) groups excluding carboxylic acids is 1. The van der Waals surface area contributed by atoms with E-state index < -0.39 is 10.0 Å². The Morgan fingerprint density at radius 2 is 1.92 bits per heavy atom. The van der Waals surface area contributed by atoms with Crippen LogP contribution in [0.3, 0.4) is 0 Å². The fourth-order valence-corrected chi connectivity index (χ4v) is 5.36. The summed E-state index contributed by atoms with van der Waals surface area (Å²) in [4.78, 5) is 12.4. The molecule has 0 saturated heterocycles. The van der Waals surface area contributed by atoms with E-state index in [1.165, 1.54) is 33.5 Å². The van der Waals surface area contributed by atoms with Gasteiger partial charge in [-0.2, -0.15) is 4.31 Å². The normalized spacial score (nSPS) is 11.7. The molecule has 1 aromatic carbocycles. The third-order valence-electron chi connectivity index (χ3n) is 3.66. The molecule has 1 N–H and O–H groups in total. The van der Waals surface area contributed by atoms with Crippen LogP contribution in [0.25, 0.3) is 0 Å². The van der Waals surface area contributed by atoms with Gasteiger partial charge in [-0.25, -0.2) is 8.42 Å². The van der Waals surface area contributed by atoms with Crippen LogP contribution in [-0.4, -0.2) is 47.7 Å². The molecule has 142 valence electrons. The monoisotopic (exact) mass is 414 g/mol. The number of rotatable bonds is 8. The summed E-state index contributed by atoms with van der Waals surface area (Å²) in [5.74, 6) is -0.0375. The van der Waals surface area contributed by atoms with Gasteiger partial charge in [0.25, 0.3) is 0 Å². The van der Waals surface area contributed by atoms with E-state index in [0.717, 1.165) is 14.9 Å². The Morgan fingerprint density at radius 1 is 1.23 bits per heavy atom. The highest BCUT2D eigenvalue weighted by atomic mass is 32.2. The molecule has 1 amide bonds. The fraction of sp³-hybridized carbons (Fsp3) is 0.438. The minimum absolute atomic E-state index is 0.175. The van der Waals surface area contributed by atoms with Gasteiger partial charge in [-0.15, -0.1) is 10.2 Å². The minimum atomic E-state index is -3.57. The molecular formula is C16H22N4O3S3. The zero-order chi connectivity index (χ0) is 19.3. The number of hydrogen-bond donors (Lipinski definition) is 1. The standard InChI is InChI=1S/C16H22N4O3S3/c1-5-20(6-2)26(22,23)13-8-7-11(3)14(9-13)17-15(21)10-24-16-19-18-12(4)25-16/h7-9H,5-6,10H2,1-4H3,(H,17,21). The molecule has 0 radical (unpaired) electrons. The summed E-state index contributed by atoms with van der Waals surface area (Å²) in [5, 5.41) is 11.5. The second-order valence-electron chi connectivity index (χ2n) is 5.49. The molecule has 0 aliphatic heterocycles. The van der Waals surface area contributed by atoms with E-state index in [4.69, 9.17) is 0 Å². The first-order valence-corrected chi connectivity index (χ1v) is 11.4. The van der Waals surface area contributed by atoms with Crippen molar-refractivity contribution in [3.05, 3.63) is 28.8 Å². The topological polar surface area (TPSA) is 92.3 Å². The van der Waals surface area contributed by atoms with Crippen LogP contribution < -0.4 is 5.32 Å². The largest absolute Gasteiger partial charge is 0.325 e. The Kier molecular flexibility index (Phi) is 7.16. The second kappa shape index (κ2) is 8.94. The molecule has 2 rings (SSSR count). The smallest absolute Gasteiger partial charge is 0.243 e. The zero-order valence-corrected chi connectivity index (χ0v) is 17.6. The van der Waals surface area contributed by atoms with Gasteiger partial charge in [-0.05, 0) is 31.5 Å². The maximum Gasteiger partial charge on any atom is 0.243 e. The molecule has 1 heterocycles. The minimum Gasteiger partial charge on any atom is -0.325 e. The number of sulfonamides is 1. The summed E-state index contributed by atoms with van der Waals surface area (Å²) in [6, 6.07) is 4.78. The third kappa shape index (κ3) is 5.03. The number of aryl methyl sites for hydroxylation is 2. The predicted molar refractivity (Wildman–Crippen MR) is 105 cm³/mol. The Hall–Kier alpha value is -1.49. The number of thioether (sulfide) groups is 1. The third-order valence-corrected chi connectivity index (χ3v) is 7.68. The number of carbonyl (C=O) groups is 1. The molecule has 0 bridgehead atoms. The van der Waals surface area contributed by atoms with Crippen LogP contribution >= 0.6 is 23.1 Å². The van der Waals surface area contributed by atoms with Crippen molar-refractivity contribution in [2.75, 3.05) is 24.2 Å². The molecule has 1 aromatic heterocycles. The van der Waals surface area contributed by atoms with Crippen molar-refractivity contribution >= 4 is 44.7 Å².